The highest BCUT2D eigenvalue weighted by atomic mass is 32.2. The van der Waals surface area contributed by atoms with E-state index in [4.69, 9.17) is 4.74 Å². The van der Waals surface area contributed by atoms with E-state index in [9.17, 15) is 13.2 Å². The first kappa shape index (κ1) is 21.8. The van der Waals surface area contributed by atoms with E-state index in [0.29, 0.717) is 38.6 Å². The van der Waals surface area contributed by atoms with Gasteiger partial charge in [0.25, 0.3) is 0 Å². The number of rotatable bonds is 4. The maximum Gasteiger partial charge on any atom is 0.410 e. The number of likely N-dealkylation sites (tertiary alicyclic amines) is 1. The fraction of sp³-hybridized carbons (Fsp3) is 0.889. The molecule has 2 N–H and O–H groups in total. The van der Waals surface area contributed by atoms with Crippen molar-refractivity contribution in [2.24, 2.45) is 10.9 Å². The van der Waals surface area contributed by atoms with Crippen LogP contribution in [-0.2, 0) is 14.6 Å². The maximum absolute atomic E-state index is 12.3. The number of ether oxygens (including phenoxy) is 1. The Labute approximate surface area is 163 Å². The first-order valence-electron chi connectivity index (χ1n) is 9.81. The molecule has 2 unspecified atom stereocenters. The van der Waals surface area contributed by atoms with Gasteiger partial charge in [0, 0.05) is 32.2 Å². The predicted octanol–water partition coefficient (Wildman–Crippen LogP) is 1.38. The number of nitrogens with zero attached hydrogens (tertiary/aromatic N) is 2. The Kier molecular flexibility index (Phi) is 7.36. The fourth-order valence-corrected chi connectivity index (χ4v) is 5.02. The van der Waals surface area contributed by atoms with Crippen LogP contribution in [0, 0.1) is 5.92 Å². The lowest BCUT2D eigenvalue weighted by molar-refractivity contribution is 0.0170. The molecule has 0 bridgehead atoms. The largest absolute Gasteiger partial charge is 0.444 e. The van der Waals surface area contributed by atoms with E-state index in [-0.39, 0.29) is 29.6 Å². The molecule has 1 amide bonds. The zero-order chi connectivity index (χ0) is 20.1. The van der Waals surface area contributed by atoms with Crippen LogP contribution in [0.15, 0.2) is 4.99 Å². The average Bonchev–Trinajstić information content (AvgIpc) is 2.90. The summed E-state index contributed by atoms with van der Waals surface area (Å²) in [5.41, 5.74) is -0.494. The number of guanidine groups is 1. The number of piperidine rings is 1. The molecular formula is C18H34N4O4S. The summed E-state index contributed by atoms with van der Waals surface area (Å²) in [7, 11) is -2.93. The van der Waals surface area contributed by atoms with E-state index in [1.165, 1.54) is 0 Å². The Hall–Kier alpha value is -1.51. The molecule has 2 saturated heterocycles. The van der Waals surface area contributed by atoms with Crippen LogP contribution in [0.25, 0.3) is 0 Å². The lowest BCUT2D eigenvalue weighted by atomic mass is 9.98. The summed E-state index contributed by atoms with van der Waals surface area (Å²) < 4.78 is 28.7. The van der Waals surface area contributed by atoms with Crippen LogP contribution in [-0.4, -0.2) is 74.7 Å². The van der Waals surface area contributed by atoms with Crippen LogP contribution in [0.3, 0.4) is 0 Å². The summed E-state index contributed by atoms with van der Waals surface area (Å²) in [6.07, 6.45) is 2.30. The van der Waals surface area contributed by atoms with E-state index in [1.807, 2.05) is 27.7 Å². The van der Waals surface area contributed by atoms with Gasteiger partial charge >= 0.3 is 6.09 Å². The van der Waals surface area contributed by atoms with Crippen molar-refractivity contribution < 1.29 is 17.9 Å². The van der Waals surface area contributed by atoms with Crippen LogP contribution in [0.2, 0.25) is 0 Å². The molecule has 9 heteroatoms. The highest BCUT2D eigenvalue weighted by Crippen LogP contribution is 2.19. The second-order valence-electron chi connectivity index (χ2n) is 8.40. The molecule has 0 aromatic carbocycles. The van der Waals surface area contributed by atoms with Crippen LogP contribution in [0.4, 0.5) is 4.79 Å². The third-order valence-corrected chi connectivity index (χ3v) is 6.36. The van der Waals surface area contributed by atoms with Crippen molar-refractivity contribution in [2.75, 3.05) is 37.7 Å². The highest BCUT2D eigenvalue weighted by molar-refractivity contribution is 7.91. The Morgan fingerprint density at radius 2 is 2.04 bits per heavy atom. The molecule has 2 atom stereocenters. The van der Waals surface area contributed by atoms with E-state index in [0.717, 1.165) is 12.8 Å². The summed E-state index contributed by atoms with van der Waals surface area (Å²) in [5.74, 6) is 1.31. The van der Waals surface area contributed by atoms with Crippen molar-refractivity contribution in [3.05, 3.63) is 0 Å². The lowest BCUT2D eigenvalue weighted by Crippen LogP contribution is -2.45. The molecule has 2 fully saturated rings. The number of carbonyl (C=O) groups excluding carboxylic acids is 1. The number of sulfone groups is 1. The lowest BCUT2D eigenvalue weighted by Gasteiger charge is -2.33. The first-order chi connectivity index (χ1) is 12.6. The van der Waals surface area contributed by atoms with Crippen molar-refractivity contribution in [3.8, 4) is 0 Å². The smallest absolute Gasteiger partial charge is 0.410 e. The summed E-state index contributed by atoms with van der Waals surface area (Å²) in [6, 6.07) is -0.0857. The Morgan fingerprint density at radius 3 is 2.63 bits per heavy atom. The molecular weight excluding hydrogens is 368 g/mol. The molecule has 0 spiro atoms. The number of aliphatic imine (C=N–C) groups is 1. The summed E-state index contributed by atoms with van der Waals surface area (Å²) in [5, 5.41) is 6.41. The molecule has 2 heterocycles. The van der Waals surface area contributed by atoms with Crippen molar-refractivity contribution in [1.82, 2.24) is 15.5 Å². The highest BCUT2D eigenvalue weighted by Gasteiger charge is 2.29. The standard InChI is InChI=1S/C18H34N4O4S/c1-5-19-16(21-15-8-10-27(24,25)13-15)20-11-14-7-6-9-22(12-14)17(23)26-18(2,3)4/h14-15H,5-13H2,1-4H3,(H2,19,20,21). The first-order valence-corrected chi connectivity index (χ1v) is 11.6. The summed E-state index contributed by atoms with van der Waals surface area (Å²) in [4.78, 5) is 18.7. The van der Waals surface area contributed by atoms with Gasteiger partial charge in [-0.2, -0.15) is 0 Å². The van der Waals surface area contributed by atoms with Gasteiger partial charge in [0.15, 0.2) is 15.8 Å². The van der Waals surface area contributed by atoms with E-state index < -0.39 is 15.4 Å². The molecule has 0 saturated carbocycles. The normalized spacial score (nSPS) is 25.9. The molecule has 27 heavy (non-hydrogen) atoms. The van der Waals surface area contributed by atoms with Crippen LogP contribution < -0.4 is 10.6 Å². The molecule has 2 aliphatic heterocycles. The molecule has 0 radical (unpaired) electrons. The van der Waals surface area contributed by atoms with Gasteiger partial charge in [0.2, 0.25) is 0 Å². The van der Waals surface area contributed by atoms with Crippen molar-refractivity contribution in [2.45, 2.75) is 58.6 Å². The Bertz CT molecular complexity index is 642. The van der Waals surface area contributed by atoms with E-state index in [2.05, 4.69) is 15.6 Å². The SMILES string of the molecule is CCNC(=NCC1CCCN(C(=O)OC(C)(C)C)C1)NC1CCS(=O)(=O)C1. The molecule has 0 aromatic heterocycles. The second-order valence-corrected chi connectivity index (χ2v) is 10.6. The number of hydrogen-bond acceptors (Lipinski definition) is 5. The van der Waals surface area contributed by atoms with Gasteiger partial charge in [-0.3, -0.25) is 4.99 Å². The Balaban J connectivity index is 1.89. The molecule has 2 aliphatic rings. The van der Waals surface area contributed by atoms with Gasteiger partial charge in [0.05, 0.1) is 11.5 Å². The fourth-order valence-electron chi connectivity index (χ4n) is 3.35. The number of carbonyl (C=O) groups is 1. The average molecular weight is 403 g/mol. The van der Waals surface area contributed by atoms with Crippen molar-refractivity contribution in [3.63, 3.8) is 0 Å². The minimum Gasteiger partial charge on any atom is -0.444 e. The summed E-state index contributed by atoms with van der Waals surface area (Å²) in [6.45, 7) is 10.2. The molecule has 0 aromatic rings. The number of hydrogen-bond donors (Lipinski definition) is 2. The quantitative estimate of drug-likeness (QED) is 0.544. The zero-order valence-corrected chi connectivity index (χ0v) is 17.8. The third kappa shape index (κ3) is 7.56. The van der Waals surface area contributed by atoms with Gasteiger partial charge in [-0.05, 0) is 52.9 Å². The van der Waals surface area contributed by atoms with Gasteiger partial charge in [-0.1, -0.05) is 0 Å². The van der Waals surface area contributed by atoms with E-state index >= 15 is 0 Å². The third-order valence-electron chi connectivity index (χ3n) is 4.60. The molecule has 156 valence electrons. The van der Waals surface area contributed by atoms with Crippen LogP contribution in [0.5, 0.6) is 0 Å². The predicted molar refractivity (Wildman–Crippen MR) is 107 cm³/mol. The van der Waals surface area contributed by atoms with Gasteiger partial charge in [-0.25, -0.2) is 13.2 Å². The molecule has 2 rings (SSSR count). The maximum atomic E-state index is 12.3. The second kappa shape index (κ2) is 9.12. The molecule has 8 nitrogen and oxygen atoms in total. The van der Waals surface area contributed by atoms with E-state index in [1.54, 1.807) is 4.90 Å². The van der Waals surface area contributed by atoms with Gasteiger partial charge in [0.1, 0.15) is 5.60 Å². The van der Waals surface area contributed by atoms with Crippen LogP contribution >= 0.6 is 0 Å². The van der Waals surface area contributed by atoms with Crippen molar-refractivity contribution in [1.29, 1.82) is 0 Å². The van der Waals surface area contributed by atoms with Gasteiger partial charge < -0.3 is 20.3 Å². The van der Waals surface area contributed by atoms with Gasteiger partial charge in [-0.15, -0.1) is 0 Å². The minimum absolute atomic E-state index is 0.0857. The Morgan fingerprint density at radius 1 is 1.30 bits per heavy atom. The number of amides is 1. The summed E-state index contributed by atoms with van der Waals surface area (Å²) >= 11 is 0. The zero-order valence-electron chi connectivity index (χ0n) is 17.0. The monoisotopic (exact) mass is 402 g/mol. The minimum atomic E-state index is -2.93. The topological polar surface area (TPSA) is 100 Å². The number of nitrogens with one attached hydrogen (secondary N) is 2. The van der Waals surface area contributed by atoms with Crippen LogP contribution in [0.1, 0.15) is 47.0 Å². The molecule has 0 aliphatic carbocycles. The van der Waals surface area contributed by atoms with Crippen molar-refractivity contribution >= 4 is 21.9 Å².